The van der Waals surface area contributed by atoms with Gasteiger partial charge in [-0.1, -0.05) is 29.8 Å². The number of rotatable bonds is 7. The highest BCUT2D eigenvalue weighted by Crippen LogP contribution is 2.15. The average Bonchev–Trinajstić information content (AvgIpc) is 2.58. The Morgan fingerprint density at radius 3 is 2.17 bits per heavy atom. The minimum atomic E-state index is -0.0288. The van der Waals surface area contributed by atoms with E-state index in [2.05, 4.69) is 43.1 Å². The van der Waals surface area contributed by atoms with Crippen LogP contribution in [0.5, 0.6) is 0 Å². The van der Waals surface area contributed by atoms with Crippen LogP contribution in [0.1, 0.15) is 15.9 Å². The molecule has 24 heavy (non-hydrogen) atoms. The summed E-state index contributed by atoms with van der Waals surface area (Å²) in [7, 11) is 6.22. The van der Waals surface area contributed by atoms with Crippen LogP contribution in [0.4, 0.5) is 5.69 Å². The van der Waals surface area contributed by atoms with Gasteiger partial charge in [0.05, 0.1) is 0 Å². The quantitative estimate of drug-likeness (QED) is 0.555. The third-order valence-electron chi connectivity index (χ3n) is 3.77. The number of anilines is 1. The Hall–Kier alpha value is -2.10. The van der Waals surface area contributed by atoms with Crippen molar-refractivity contribution in [2.75, 3.05) is 39.1 Å². The number of carbonyl (C=O) groups excluding carboxylic acids is 1. The highest BCUT2D eigenvalue weighted by molar-refractivity contribution is 6.30. The molecule has 0 aliphatic rings. The molecule has 0 atom stereocenters. The van der Waals surface area contributed by atoms with Gasteiger partial charge in [0.25, 0.3) is 0 Å². The van der Waals surface area contributed by atoms with Gasteiger partial charge in [0.15, 0.2) is 5.78 Å². The summed E-state index contributed by atoms with van der Waals surface area (Å²) >= 11 is 5.83. The number of ketones is 1. The third kappa shape index (κ3) is 5.52. The molecule has 0 saturated carbocycles. The zero-order valence-corrected chi connectivity index (χ0v) is 15.1. The van der Waals surface area contributed by atoms with Gasteiger partial charge in [-0.2, -0.15) is 0 Å². The molecule has 0 bridgehead atoms. The molecule has 4 heteroatoms. The number of hydrogen-bond acceptors (Lipinski definition) is 3. The number of likely N-dealkylation sites (N-methyl/N-ethyl adjacent to an activating group) is 2. The molecule has 0 fully saturated rings. The molecule has 0 radical (unpaired) electrons. The Morgan fingerprint density at radius 1 is 0.958 bits per heavy atom. The maximum Gasteiger partial charge on any atom is 0.185 e. The molecule has 3 nitrogen and oxygen atoms in total. The number of allylic oxidation sites excluding steroid dienone is 1. The van der Waals surface area contributed by atoms with E-state index in [4.69, 9.17) is 11.6 Å². The van der Waals surface area contributed by atoms with E-state index in [0.29, 0.717) is 10.6 Å². The van der Waals surface area contributed by atoms with Crippen LogP contribution in [-0.2, 0) is 0 Å². The van der Waals surface area contributed by atoms with Crippen molar-refractivity contribution in [3.05, 3.63) is 70.8 Å². The van der Waals surface area contributed by atoms with E-state index >= 15 is 0 Å². The van der Waals surface area contributed by atoms with Crippen LogP contribution in [0.25, 0.3) is 6.08 Å². The summed E-state index contributed by atoms with van der Waals surface area (Å²) in [6.07, 6.45) is 3.43. The fraction of sp³-hybridized carbons (Fsp3) is 0.250. The molecule has 0 unspecified atom stereocenters. The van der Waals surface area contributed by atoms with Gasteiger partial charge in [0.2, 0.25) is 0 Å². The minimum Gasteiger partial charge on any atom is -0.373 e. The second-order valence-corrected chi connectivity index (χ2v) is 6.46. The smallest absolute Gasteiger partial charge is 0.185 e. The summed E-state index contributed by atoms with van der Waals surface area (Å²) < 4.78 is 0. The summed E-state index contributed by atoms with van der Waals surface area (Å²) in [5.74, 6) is -0.0288. The van der Waals surface area contributed by atoms with Crippen molar-refractivity contribution < 1.29 is 4.79 Å². The van der Waals surface area contributed by atoms with Gasteiger partial charge in [0.1, 0.15) is 0 Å². The molecule has 0 saturated heterocycles. The number of hydrogen-bond donors (Lipinski definition) is 0. The standard InChI is InChI=1S/C20H23ClN2O/c1-22(2)14-15-23(3)19-11-4-16(5-12-19)6-13-20(24)17-7-9-18(21)10-8-17/h4-13H,14-15H2,1-3H3/b13-6+. The summed E-state index contributed by atoms with van der Waals surface area (Å²) in [5, 5.41) is 0.629. The molecule has 0 amide bonds. The Bertz CT molecular complexity index is 691. The zero-order chi connectivity index (χ0) is 17.5. The molecule has 0 heterocycles. The zero-order valence-electron chi connectivity index (χ0n) is 14.4. The highest BCUT2D eigenvalue weighted by Gasteiger charge is 2.03. The molecule has 0 N–H and O–H groups in total. The topological polar surface area (TPSA) is 23.6 Å². The third-order valence-corrected chi connectivity index (χ3v) is 4.02. The minimum absolute atomic E-state index is 0.0288. The average molecular weight is 343 g/mol. The lowest BCUT2D eigenvalue weighted by molar-refractivity contribution is 0.104. The van der Waals surface area contributed by atoms with Crippen LogP contribution >= 0.6 is 11.6 Å². The van der Waals surface area contributed by atoms with E-state index in [1.807, 2.05) is 18.2 Å². The van der Waals surface area contributed by atoms with Gasteiger partial charge in [0, 0.05) is 36.4 Å². The molecule has 2 aromatic rings. The normalized spacial score (nSPS) is 11.2. The largest absolute Gasteiger partial charge is 0.373 e. The van der Waals surface area contributed by atoms with Crippen LogP contribution < -0.4 is 4.90 Å². The van der Waals surface area contributed by atoms with Crippen molar-refractivity contribution in [2.24, 2.45) is 0 Å². The molecule has 0 aliphatic heterocycles. The first-order valence-corrected chi connectivity index (χ1v) is 8.27. The Labute approximate surface area is 149 Å². The van der Waals surface area contributed by atoms with Gasteiger partial charge in [-0.3, -0.25) is 4.79 Å². The summed E-state index contributed by atoms with van der Waals surface area (Å²) in [5.41, 5.74) is 2.80. The molecule has 126 valence electrons. The van der Waals surface area contributed by atoms with Crippen LogP contribution in [0, 0.1) is 0 Å². The SMILES string of the molecule is CN(C)CCN(C)c1ccc(/C=C/C(=O)c2ccc(Cl)cc2)cc1. The second kappa shape index (κ2) is 8.67. The van der Waals surface area contributed by atoms with E-state index in [1.54, 1.807) is 30.3 Å². The van der Waals surface area contributed by atoms with Crippen molar-refractivity contribution in [1.29, 1.82) is 0 Å². The lowest BCUT2D eigenvalue weighted by Crippen LogP contribution is -2.28. The first-order valence-electron chi connectivity index (χ1n) is 7.89. The van der Waals surface area contributed by atoms with E-state index in [0.717, 1.165) is 24.3 Å². The van der Waals surface area contributed by atoms with Gasteiger partial charge < -0.3 is 9.80 Å². The Kier molecular flexibility index (Phi) is 6.59. The summed E-state index contributed by atoms with van der Waals surface area (Å²) in [6, 6.07) is 15.1. The van der Waals surface area contributed by atoms with Crippen LogP contribution in [0.3, 0.4) is 0 Å². The fourth-order valence-electron chi connectivity index (χ4n) is 2.20. The van der Waals surface area contributed by atoms with Gasteiger partial charge >= 0.3 is 0 Å². The summed E-state index contributed by atoms with van der Waals surface area (Å²) in [4.78, 5) is 16.5. The van der Waals surface area contributed by atoms with Crippen LogP contribution in [0.2, 0.25) is 5.02 Å². The van der Waals surface area contributed by atoms with E-state index in [-0.39, 0.29) is 5.78 Å². The number of benzene rings is 2. The van der Waals surface area contributed by atoms with E-state index in [9.17, 15) is 4.79 Å². The number of halogens is 1. The van der Waals surface area contributed by atoms with Gasteiger partial charge in [-0.05, 0) is 62.1 Å². The van der Waals surface area contributed by atoms with Crippen molar-refractivity contribution in [3.8, 4) is 0 Å². The number of carbonyl (C=O) groups is 1. The fourth-order valence-corrected chi connectivity index (χ4v) is 2.33. The lowest BCUT2D eigenvalue weighted by atomic mass is 10.1. The molecule has 0 aromatic heterocycles. The molecule has 2 rings (SSSR count). The van der Waals surface area contributed by atoms with Crippen LogP contribution in [0.15, 0.2) is 54.6 Å². The maximum absolute atomic E-state index is 12.1. The summed E-state index contributed by atoms with van der Waals surface area (Å²) in [6.45, 7) is 1.98. The highest BCUT2D eigenvalue weighted by atomic mass is 35.5. The van der Waals surface area contributed by atoms with Crippen molar-refractivity contribution >= 4 is 29.1 Å². The predicted octanol–water partition coefficient (Wildman–Crippen LogP) is 4.23. The van der Waals surface area contributed by atoms with Gasteiger partial charge in [-0.25, -0.2) is 0 Å². The first-order chi connectivity index (χ1) is 11.5. The maximum atomic E-state index is 12.1. The first kappa shape index (κ1) is 18.2. The van der Waals surface area contributed by atoms with Crippen molar-refractivity contribution in [1.82, 2.24) is 4.90 Å². The number of nitrogens with zero attached hydrogens (tertiary/aromatic N) is 2. The van der Waals surface area contributed by atoms with Gasteiger partial charge in [-0.15, -0.1) is 0 Å². The molecule has 2 aromatic carbocycles. The predicted molar refractivity (Wildman–Crippen MR) is 103 cm³/mol. The molecule has 0 aliphatic carbocycles. The monoisotopic (exact) mass is 342 g/mol. The van der Waals surface area contributed by atoms with E-state index in [1.165, 1.54) is 0 Å². The molecular weight excluding hydrogens is 320 g/mol. The second-order valence-electron chi connectivity index (χ2n) is 6.02. The Balaban J connectivity index is 1.98. The molecule has 0 spiro atoms. The van der Waals surface area contributed by atoms with E-state index < -0.39 is 0 Å². The molecular formula is C20H23ClN2O. The van der Waals surface area contributed by atoms with Crippen molar-refractivity contribution in [2.45, 2.75) is 0 Å². The lowest BCUT2D eigenvalue weighted by Gasteiger charge is -2.21. The van der Waals surface area contributed by atoms with Crippen molar-refractivity contribution in [3.63, 3.8) is 0 Å². The van der Waals surface area contributed by atoms with Crippen LogP contribution in [-0.4, -0.2) is 44.9 Å². The Morgan fingerprint density at radius 2 is 1.58 bits per heavy atom.